The van der Waals surface area contributed by atoms with Crippen LogP contribution in [0.25, 0.3) is 0 Å². The summed E-state index contributed by atoms with van der Waals surface area (Å²) in [6.07, 6.45) is 1.68. The fraction of sp³-hybridized carbons (Fsp3) is 0.333. The van der Waals surface area contributed by atoms with Crippen LogP contribution in [0.4, 0.5) is 23.2 Å². The van der Waals surface area contributed by atoms with Crippen molar-refractivity contribution in [3.63, 3.8) is 0 Å². The Hall–Kier alpha value is -1.70. The molecule has 0 atom stereocenters. The van der Waals surface area contributed by atoms with E-state index in [4.69, 9.17) is 6.42 Å². The molecule has 0 aliphatic heterocycles. The van der Waals surface area contributed by atoms with Crippen molar-refractivity contribution in [2.24, 2.45) is 0 Å². The second-order valence-corrected chi connectivity index (χ2v) is 3.43. The molecule has 0 radical (unpaired) electrons. The van der Waals surface area contributed by atoms with E-state index < -0.39 is 17.6 Å². The average molecular weight is 245 g/mol. The van der Waals surface area contributed by atoms with Gasteiger partial charge in [-0.1, -0.05) is 0 Å². The fourth-order valence-corrected chi connectivity index (χ4v) is 1.25. The second kappa shape index (κ2) is 5.58. The van der Waals surface area contributed by atoms with Crippen molar-refractivity contribution < 1.29 is 17.6 Å². The van der Waals surface area contributed by atoms with Crippen LogP contribution >= 0.6 is 0 Å². The van der Waals surface area contributed by atoms with Crippen LogP contribution in [0.1, 0.15) is 18.4 Å². The molecule has 0 fully saturated rings. The molecule has 1 aromatic rings. The topological polar surface area (TPSA) is 12.0 Å². The highest BCUT2D eigenvalue weighted by atomic mass is 19.4. The highest BCUT2D eigenvalue weighted by Crippen LogP contribution is 2.31. The zero-order valence-corrected chi connectivity index (χ0v) is 8.94. The Bertz CT molecular complexity index is 417. The Morgan fingerprint density at radius 2 is 2.00 bits per heavy atom. The van der Waals surface area contributed by atoms with Crippen LogP contribution in [-0.2, 0) is 6.18 Å². The summed E-state index contributed by atoms with van der Waals surface area (Å²) in [7, 11) is 0. The van der Waals surface area contributed by atoms with Gasteiger partial charge in [-0.15, -0.1) is 12.3 Å². The molecular weight excluding hydrogens is 234 g/mol. The minimum atomic E-state index is -4.52. The lowest BCUT2D eigenvalue weighted by Gasteiger charge is -2.10. The van der Waals surface area contributed by atoms with Crippen molar-refractivity contribution in [2.75, 3.05) is 11.9 Å². The van der Waals surface area contributed by atoms with Gasteiger partial charge < -0.3 is 5.32 Å². The molecule has 0 aliphatic carbocycles. The molecule has 0 heterocycles. The van der Waals surface area contributed by atoms with Gasteiger partial charge in [0.1, 0.15) is 5.82 Å². The van der Waals surface area contributed by atoms with Crippen LogP contribution < -0.4 is 5.32 Å². The summed E-state index contributed by atoms with van der Waals surface area (Å²) in [5, 5.41) is 2.69. The molecule has 0 amide bonds. The first-order valence-corrected chi connectivity index (χ1v) is 4.99. The maximum Gasteiger partial charge on any atom is 0.416 e. The van der Waals surface area contributed by atoms with Gasteiger partial charge in [-0.3, -0.25) is 0 Å². The smallest absolute Gasteiger partial charge is 0.383 e. The lowest BCUT2D eigenvalue weighted by atomic mass is 10.2. The van der Waals surface area contributed by atoms with Gasteiger partial charge in [0.2, 0.25) is 0 Å². The molecule has 0 aliphatic rings. The zero-order chi connectivity index (χ0) is 12.9. The predicted octanol–water partition coefficient (Wildman–Crippen LogP) is 3.67. The van der Waals surface area contributed by atoms with Gasteiger partial charge in [0.25, 0.3) is 0 Å². The van der Waals surface area contributed by atoms with Crippen molar-refractivity contribution in [3.8, 4) is 12.3 Å². The van der Waals surface area contributed by atoms with Crippen molar-refractivity contribution in [1.29, 1.82) is 0 Å². The Morgan fingerprint density at radius 1 is 1.29 bits per heavy atom. The second-order valence-electron chi connectivity index (χ2n) is 3.43. The first kappa shape index (κ1) is 13.4. The minimum absolute atomic E-state index is 0.0509. The van der Waals surface area contributed by atoms with E-state index in [0.717, 1.165) is 12.1 Å². The van der Waals surface area contributed by atoms with Gasteiger partial charge in [-0.05, 0) is 24.6 Å². The van der Waals surface area contributed by atoms with Gasteiger partial charge in [0.15, 0.2) is 0 Å². The van der Waals surface area contributed by atoms with Crippen LogP contribution in [0.5, 0.6) is 0 Å². The fourth-order valence-electron chi connectivity index (χ4n) is 1.25. The van der Waals surface area contributed by atoms with Gasteiger partial charge in [-0.25, -0.2) is 4.39 Å². The zero-order valence-electron chi connectivity index (χ0n) is 8.94. The molecule has 0 saturated heterocycles. The van der Waals surface area contributed by atoms with Crippen LogP contribution in [0.3, 0.4) is 0 Å². The van der Waals surface area contributed by atoms with Crippen molar-refractivity contribution in [1.82, 2.24) is 0 Å². The number of terminal acetylenes is 1. The van der Waals surface area contributed by atoms with Gasteiger partial charge in [0, 0.05) is 13.0 Å². The summed E-state index contributed by atoms with van der Waals surface area (Å²) < 4.78 is 50.0. The predicted molar refractivity (Wildman–Crippen MR) is 58.0 cm³/mol. The highest BCUT2D eigenvalue weighted by Gasteiger charge is 2.31. The number of hydrogen-bond acceptors (Lipinski definition) is 1. The van der Waals surface area contributed by atoms with Crippen LogP contribution in [0, 0.1) is 18.2 Å². The van der Waals surface area contributed by atoms with E-state index in [9.17, 15) is 17.6 Å². The molecule has 0 spiro atoms. The summed E-state index contributed by atoms with van der Waals surface area (Å²) in [6.45, 7) is 0.423. The van der Waals surface area contributed by atoms with E-state index in [1.807, 2.05) is 0 Å². The third kappa shape index (κ3) is 3.99. The third-order valence-corrected chi connectivity index (χ3v) is 2.11. The molecule has 1 N–H and O–H groups in total. The van der Waals surface area contributed by atoms with Crippen LogP contribution in [0.2, 0.25) is 0 Å². The van der Waals surface area contributed by atoms with Crippen LogP contribution in [-0.4, -0.2) is 6.54 Å². The number of unbranched alkanes of at least 4 members (excludes halogenated alkanes) is 1. The SMILES string of the molecule is C#CCCCNc1ccc(C(F)(F)F)cc1F. The van der Waals surface area contributed by atoms with Gasteiger partial charge >= 0.3 is 6.18 Å². The monoisotopic (exact) mass is 245 g/mol. The first-order valence-electron chi connectivity index (χ1n) is 4.99. The number of hydrogen-bond donors (Lipinski definition) is 1. The summed E-state index contributed by atoms with van der Waals surface area (Å²) in [5.74, 6) is 1.50. The average Bonchev–Trinajstić information content (AvgIpc) is 2.24. The number of rotatable bonds is 4. The quantitative estimate of drug-likeness (QED) is 0.485. The molecule has 0 bridgehead atoms. The molecule has 5 heteroatoms. The molecule has 92 valence electrons. The van der Waals surface area contributed by atoms with E-state index >= 15 is 0 Å². The largest absolute Gasteiger partial charge is 0.416 e. The molecule has 1 nitrogen and oxygen atoms in total. The van der Waals surface area contributed by atoms with Gasteiger partial charge in [0.05, 0.1) is 11.3 Å². The van der Waals surface area contributed by atoms with E-state index in [0.29, 0.717) is 25.5 Å². The standard InChI is InChI=1S/C12H11F4N/c1-2-3-4-7-17-11-6-5-9(8-10(11)13)12(14,15)16/h1,5-6,8,17H,3-4,7H2. The molecule has 0 saturated carbocycles. The van der Waals surface area contributed by atoms with Gasteiger partial charge in [-0.2, -0.15) is 13.2 Å². The van der Waals surface area contributed by atoms with Crippen molar-refractivity contribution in [3.05, 3.63) is 29.6 Å². The first-order chi connectivity index (χ1) is 7.95. The van der Waals surface area contributed by atoms with Crippen molar-refractivity contribution in [2.45, 2.75) is 19.0 Å². The third-order valence-electron chi connectivity index (χ3n) is 2.11. The van der Waals surface area contributed by atoms with E-state index in [-0.39, 0.29) is 5.69 Å². The molecular formula is C12H11F4N. The van der Waals surface area contributed by atoms with E-state index in [1.54, 1.807) is 0 Å². The lowest BCUT2D eigenvalue weighted by Crippen LogP contribution is -2.08. The molecule has 17 heavy (non-hydrogen) atoms. The Kier molecular flexibility index (Phi) is 4.38. The lowest BCUT2D eigenvalue weighted by molar-refractivity contribution is -0.137. The molecule has 1 aromatic carbocycles. The molecule has 0 unspecified atom stereocenters. The molecule has 0 aromatic heterocycles. The number of anilines is 1. The number of nitrogens with one attached hydrogen (secondary N) is 1. The Balaban J connectivity index is 2.68. The highest BCUT2D eigenvalue weighted by molar-refractivity contribution is 5.46. The summed E-state index contributed by atoms with van der Waals surface area (Å²) in [5.41, 5.74) is -0.945. The summed E-state index contributed by atoms with van der Waals surface area (Å²) in [6, 6.07) is 2.39. The number of alkyl halides is 3. The maximum atomic E-state index is 13.3. The van der Waals surface area contributed by atoms with Crippen LogP contribution in [0.15, 0.2) is 18.2 Å². The summed E-state index contributed by atoms with van der Waals surface area (Å²) in [4.78, 5) is 0. The van der Waals surface area contributed by atoms with E-state index in [1.165, 1.54) is 0 Å². The Labute approximate surface area is 96.8 Å². The minimum Gasteiger partial charge on any atom is -0.383 e. The van der Waals surface area contributed by atoms with Crippen molar-refractivity contribution >= 4 is 5.69 Å². The number of halogens is 4. The number of benzene rings is 1. The van der Waals surface area contributed by atoms with E-state index in [2.05, 4.69) is 11.2 Å². The summed E-state index contributed by atoms with van der Waals surface area (Å²) >= 11 is 0. The molecule has 1 rings (SSSR count). The maximum absolute atomic E-state index is 13.3. The normalized spacial score (nSPS) is 11.0. The Morgan fingerprint density at radius 3 is 2.53 bits per heavy atom.